The standard InChI is InChI=1S/C10H12FN5O2/c1-2-6-9(18)14-7(17)4-16(6)8-5(11)3-13-10(12)15-8/h3,6H,2,4H2,1H3,(H2,12,13,15)(H,14,17,18). The van der Waals surface area contributed by atoms with E-state index in [-0.39, 0.29) is 18.3 Å². The zero-order valence-electron chi connectivity index (χ0n) is 9.68. The average Bonchev–Trinajstić information content (AvgIpc) is 2.31. The molecule has 1 atom stereocenters. The van der Waals surface area contributed by atoms with Crippen LogP contribution in [-0.4, -0.2) is 34.4 Å². The number of nitrogen functional groups attached to an aromatic ring is 1. The van der Waals surface area contributed by atoms with E-state index in [1.807, 2.05) is 0 Å². The molecule has 18 heavy (non-hydrogen) atoms. The van der Waals surface area contributed by atoms with Gasteiger partial charge in [0.1, 0.15) is 6.04 Å². The fourth-order valence-electron chi connectivity index (χ4n) is 1.87. The Morgan fingerprint density at radius 3 is 3.00 bits per heavy atom. The molecular formula is C10H12FN5O2. The summed E-state index contributed by atoms with van der Waals surface area (Å²) in [5.74, 6) is -1.92. The second kappa shape index (κ2) is 4.55. The summed E-state index contributed by atoms with van der Waals surface area (Å²) in [4.78, 5) is 31.5. The van der Waals surface area contributed by atoms with E-state index in [4.69, 9.17) is 5.73 Å². The van der Waals surface area contributed by atoms with Crippen LogP contribution < -0.4 is 16.0 Å². The Morgan fingerprint density at radius 2 is 2.33 bits per heavy atom. The van der Waals surface area contributed by atoms with Gasteiger partial charge in [0.05, 0.1) is 12.7 Å². The van der Waals surface area contributed by atoms with Crippen LogP contribution >= 0.6 is 0 Å². The monoisotopic (exact) mass is 253 g/mol. The van der Waals surface area contributed by atoms with E-state index >= 15 is 0 Å². The van der Waals surface area contributed by atoms with E-state index in [2.05, 4.69) is 15.3 Å². The number of hydrogen-bond donors (Lipinski definition) is 2. The molecule has 0 aliphatic carbocycles. The number of nitrogens with one attached hydrogen (secondary N) is 1. The Hall–Kier alpha value is -2.25. The summed E-state index contributed by atoms with van der Waals surface area (Å²) in [6.45, 7) is 1.62. The molecule has 2 heterocycles. The van der Waals surface area contributed by atoms with Crippen molar-refractivity contribution in [1.82, 2.24) is 15.3 Å². The lowest BCUT2D eigenvalue weighted by molar-refractivity contribution is -0.132. The molecule has 1 unspecified atom stereocenters. The van der Waals surface area contributed by atoms with Crippen molar-refractivity contribution in [1.29, 1.82) is 0 Å². The van der Waals surface area contributed by atoms with Crippen LogP contribution in [0.25, 0.3) is 0 Å². The van der Waals surface area contributed by atoms with Crippen molar-refractivity contribution in [2.75, 3.05) is 17.2 Å². The van der Waals surface area contributed by atoms with Crippen LogP contribution in [0.15, 0.2) is 6.20 Å². The number of aromatic nitrogens is 2. The van der Waals surface area contributed by atoms with E-state index in [1.165, 1.54) is 4.90 Å². The number of carbonyl (C=O) groups is 2. The van der Waals surface area contributed by atoms with Gasteiger partial charge in [0.15, 0.2) is 11.6 Å². The lowest BCUT2D eigenvalue weighted by atomic mass is 10.1. The van der Waals surface area contributed by atoms with Gasteiger partial charge < -0.3 is 10.6 Å². The first-order valence-corrected chi connectivity index (χ1v) is 5.41. The number of rotatable bonds is 2. The van der Waals surface area contributed by atoms with Crippen LogP contribution in [0, 0.1) is 5.82 Å². The largest absolute Gasteiger partial charge is 0.368 e. The fraction of sp³-hybridized carbons (Fsp3) is 0.400. The highest BCUT2D eigenvalue weighted by molar-refractivity contribution is 6.04. The Morgan fingerprint density at radius 1 is 1.61 bits per heavy atom. The van der Waals surface area contributed by atoms with Crippen LogP contribution in [0.4, 0.5) is 16.2 Å². The molecule has 2 rings (SSSR count). The van der Waals surface area contributed by atoms with Gasteiger partial charge in [0.2, 0.25) is 17.8 Å². The van der Waals surface area contributed by atoms with E-state index in [1.54, 1.807) is 6.92 Å². The molecule has 7 nitrogen and oxygen atoms in total. The Bertz CT molecular complexity index is 507. The fourth-order valence-corrected chi connectivity index (χ4v) is 1.87. The first kappa shape index (κ1) is 12.2. The highest BCUT2D eigenvalue weighted by Crippen LogP contribution is 2.21. The molecule has 0 radical (unpaired) electrons. The molecule has 0 aromatic carbocycles. The zero-order valence-corrected chi connectivity index (χ0v) is 9.68. The van der Waals surface area contributed by atoms with Crippen molar-refractivity contribution in [2.45, 2.75) is 19.4 Å². The molecule has 2 amide bonds. The maximum absolute atomic E-state index is 13.7. The highest BCUT2D eigenvalue weighted by atomic mass is 19.1. The minimum absolute atomic E-state index is 0.111. The van der Waals surface area contributed by atoms with Crippen LogP contribution in [0.5, 0.6) is 0 Å². The summed E-state index contributed by atoms with van der Waals surface area (Å²) in [6, 6.07) is -0.647. The van der Waals surface area contributed by atoms with Gasteiger partial charge in [-0.15, -0.1) is 0 Å². The topological polar surface area (TPSA) is 101 Å². The normalized spacial score (nSPS) is 19.9. The Labute approximate surface area is 102 Å². The van der Waals surface area contributed by atoms with Crippen molar-refractivity contribution >= 4 is 23.6 Å². The van der Waals surface area contributed by atoms with E-state index in [9.17, 15) is 14.0 Å². The van der Waals surface area contributed by atoms with E-state index in [0.717, 1.165) is 6.20 Å². The van der Waals surface area contributed by atoms with Crippen molar-refractivity contribution < 1.29 is 14.0 Å². The van der Waals surface area contributed by atoms with Gasteiger partial charge in [-0.3, -0.25) is 14.9 Å². The van der Waals surface area contributed by atoms with Crippen LogP contribution in [0.3, 0.4) is 0 Å². The summed E-state index contributed by atoms with van der Waals surface area (Å²) in [6.07, 6.45) is 1.34. The summed E-state index contributed by atoms with van der Waals surface area (Å²) in [7, 11) is 0. The number of nitrogens with zero attached hydrogens (tertiary/aromatic N) is 3. The third-order valence-electron chi connectivity index (χ3n) is 2.66. The third kappa shape index (κ3) is 2.08. The second-order valence-electron chi connectivity index (χ2n) is 3.86. The van der Waals surface area contributed by atoms with Crippen molar-refractivity contribution in [2.24, 2.45) is 0 Å². The predicted octanol–water partition coefficient (Wildman–Crippen LogP) is -0.561. The quantitative estimate of drug-likeness (QED) is 0.685. The molecule has 1 aromatic heterocycles. The van der Waals surface area contributed by atoms with Crippen LogP contribution in [0.2, 0.25) is 0 Å². The summed E-state index contributed by atoms with van der Waals surface area (Å²) < 4.78 is 13.7. The van der Waals surface area contributed by atoms with Crippen LogP contribution in [0.1, 0.15) is 13.3 Å². The van der Waals surface area contributed by atoms with Gasteiger partial charge >= 0.3 is 0 Å². The molecule has 1 aliphatic heterocycles. The number of halogens is 1. The number of hydrogen-bond acceptors (Lipinski definition) is 6. The van der Waals surface area contributed by atoms with Crippen LogP contribution in [-0.2, 0) is 9.59 Å². The van der Waals surface area contributed by atoms with Gasteiger partial charge in [-0.25, -0.2) is 9.37 Å². The zero-order chi connectivity index (χ0) is 13.3. The summed E-state index contributed by atoms with van der Waals surface area (Å²) in [5.41, 5.74) is 5.39. The Kier molecular flexibility index (Phi) is 3.09. The second-order valence-corrected chi connectivity index (χ2v) is 3.86. The molecule has 0 bridgehead atoms. The maximum atomic E-state index is 13.7. The van der Waals surface area contributed by atoms with Gasteiger partial charge in [0.25, 0.3) is 0 Å². The number of nitrogens with two attached hydrogens (primary N) is 1. The lowest BCUT2D eigenvalue weighted by Gasteiger charge is -2.34. The third-order valence-corrected chi connectivity index (χ3v) is 2.66. The van der Waals surface area contributed by atoms with E-state index in [0.29, 0.717) is 6.42 Å². The minimum atomic E-state index is -0.717. The minimum Gasteiger partial charge on any atom is -0.368 e. The number of carbonyl (C=O) groups excluding carboxylic acids is 2. The van der Waals surface area contributed by atoms with Gasteiger partial charge in [0, 0.05) is 0 Å². The first-order valence-electron chi connectivity index (χ1n) is 5.41. The average molecular weight is 253 g/mol. The summed E-state index contributed by atoms with van der Waals surface area (Å²) >= 11 is 0. The number of anilines is 2. The van der Waals surface area contributed by atoms with Gasteiger partial charge in [-0.1, -0.05) is 6.92 Å². The molecule has 1 aliphatic rings. The molecule has 1 aromatic rings. The maximum Gasteiger partial charge on any atom is 0.249 e. The molecule has 0 spiro atoms. The molecule has 8 heteroatoms. The Balaban J connectivity index is 2.42. The summed E-state index contributed by atoms with van der Waals surface area (Å²) in [5, 5.41) is 2.20. The molecule has 3 N–H and O–H groups in total. The number of amides is 2. The number of imide groups is 1. The lowest BCUT2D eigenvalue weighted by Crippen LogP contribution is -2.58. The highest BCUT2D eigenvalue weighted by Gasteiger charge is 2.34. The number of piperazine rings is 1. The molecule has 0 saturated carbocycles. The smallest absolute Gasteiger partial charge is 0.249 e. The molecule has 1 fully saturated rings. The van der Waals surface area contributed by atoms with Gasteiger partial charge in [-0.05, 0) is 6.42 Å². The van der Waals surface area contributed by atoms with Crippen molar-refractivity contribution in [3.05, 3.63) is 12.0 Å². The molecular weight excluding hydrogens is 241 g/mol. The van der Waals surface area contributed by atoms with E-state index < -0.39 is 23.7 Å². The van der Waals surface area contributed by atoms with Crippen molar-refractivity contribution in [3.8, 4) is 0 Å². The predicted molar refractivity (Wildman–Crippen MR) is 61.0 cm³/mol. The molecule has 96 valence electrons. The van der Waals surface area contributed by atoms with Gasteiger partial charge in [-0.2, -0.15) is 4.98 Å². The molecule has 1 saturated heterocycles. The first-order chi connectivity index (χ1) is 8.52. The SMILES string of the molecule is CCC1C(=O)NC(=O)CN1c1nc(N)ncc1F. The van der Waals surface area contributed by atoms with Crippen molar-refractivity contribution in [3.63, 3.8) is 0 Å².